The Kier molecular flexibility index (Phi) is 3.85. The van der Waals surface area contributed by atoms with Crippen molar-refractivity contribution < 1.29 is 0 Å². The Morgan fingerprint density at radius 2 is 2.17 bits per heavy atom. The summed E-state index contributed by atoms with van der Waals surface area (Å²) in [5.74, 6) is 0.685. The van der Waals surface area contributed by atoms with Gasteiger partial charge >= 0.3 is 0 Å². The van der Waals surface area contributed by atoms with E-state index in [0.717, 1.165) is 6.54 Å². The molecule has 0 radical (unpaired) electrons. The summed E-state index contributed by atoms with van der Waals surface area (Å²) in [7, 11) is 0. The zero-order valence-corrected chi connectivity index (χ0v) is 7.79. The summed E-state index contributed by atoms with van der Waals surface area (Å²) in [6.07, 6.45) is 8.86. The molecule has 2 N–H and O–H groups in total. The lowest BCUT2D eigenvalue weighted by Gasteiger charge is -2.08. The Morgan fingerprint density at radius 3 is 2.67 bits per heavy atom. The lowest BCUT2D eigenvalue weighted by Crippen LogP contribution is -2.09. The van der Waals surface area contributed by atoms with Crippen molar-refractivity contribution in [1.82, 2.24) is 0 Å². The van der Waals surface area contributed by atoms with E-state index < -0.39 is 0 Å². The molecule has 0 unspecified atom stereocenters. The summed E-state index contributed by atoms with van der Waals surface area (Å²) in [5, 5.41) is 0. The van der Waals surface area contributed by atoms with Gasteiger partial charge in [0.05, 0.1) is 0 Å². The summed E-state index contributed by atoms with van der Waals surface area (Å²) >= 11 is 0. The van der Waals surface area contributed by atoms with Crippen molar-refractivity contribution in [2.24, 2.45) is 16.6 Å². The van der Waals surface area contributed by atoms with Crippen molar-refractivity contribution in [3.8, 4) is 0 Å². The Morgan fingerprint density at radius 1 is 1.50 bits per heavy atom. The monoisotopic (exact) mass is 166 g/mol. The number of nitrogens with zero attached hydrogens (tertiary/aromatic N) is 1. The molecule has 0 aromatic rings. The summed E-state index contributed by atoms with van der Waals surface area (Å²) in [4.78, 5) is 4.45. The number of rotatable bonds is 3. The van der Waals surface area contributed by atoms with Crippen LogP contribution in [-0.2, 0) is 0 Å². The van der Waals surface area contributed by atoms with E-state index in [1.165, 1.54) is 31.4 Å². The molecule has 2 heteroatoms. The van der Waals surface area contributed by atoms with Gasteiger partial charge in [0.2, 0.25) is 0 Å². The highest BCUT2D eigenvalue weighted by Crippen LogP contribution is 2.26. The zero-order valence-electron chi connectivity index (χ0n) is 7.79. The summed E-state index contributed by atoms with van der Waals surface area (Å²) in [6.45, 7) is 2.94. The van der Waals surface area contributed by atoms with Crippen LogP contribution in [0, 0.1) is 5.92 Å². The Balaban J connectivity index is 2.57. The molecule has 1 rings (SSSR count). The number of hydrogen-bond acceptors (Lipinski definition) is 2. The molecule has 12 heavy (non-hydrogen) atoms. The van der Waals surface area contributed by atoms with Gasteiger partial charge in [0.1, 0.15) is 0 Å². The highest BCUT2D eigenvalue weighted by atomic mass is 14.7. The summed E-state index contributed by atoms with van der Waals surface area (Å²) < 4.78 is 0. The van der Waals surface area contributed by atoms with Gasteiger partial charge in [-0.2, -0.15) is 0 Å². The molecule has 0 aliphatic heterocycles. The quantitative estimate of drug-likeness (QED) is 0.641. The molecule has 1 saturated carbocycles. The standard InChI is InChI=1S/C10H18N2/c1-2-12-10(7-8-11)9-5-3-4-6-9/h7-9H,2-6,11H2,1H3. The first-order valence-corrected chi connectivity index (χ1v) is 4.81. The van der Waals surface area contributed by atoms with E-state index in [1.807, 2.05) is 6.08 Å². The maximum atomic E-state index is 5.37. The van der Waals surface area contributed by atoms with Crippen molar-refractivity contribution in [3.63, 3.8) is 0 Å². The van der Waals surface area contributed by atoms with Crippen LogP contribution in [0.15, 0.2) is 17.3 Å². The molecule has 2 nitrogen and oxygen atoms in total. The van der Waals surface area contributed by atoms with Gasteiger partial charge in [0.15, 0.2) is 0 Å². The second-order valence-corrected chi connectivity index (χ2v) is 3.24. The van der Waals surface area contributed by atoms with E-state index >= 15 is 0 Å². The van der Waals surface area contributed by atoms with E-state index in [9.17, 15) is 0 Å². The molecule has 0 atom stereocenters. The van der Waals surface area contributed by atoms with Crippen LogP contribution in [0.25, 0.3) is 0 Å². The van der Waals surface area contributed by atoms with Crippen molar-refractivity contribution in [3.05, 3.63) is 12.3 Å². The number of aliphatic imine (C=N–C) groups is 1. The molecule has 0 spiro atoms. The first kappa shape index (κ1) is 9.30. The SMILES string of the molecule is CCN=C(C=CN)C1CCCC1. The van der Waals surface area contributed by atoms with Crippen molar-refractivity contribution >= 4 is 5.71 Å². The molecule has 0 heterocycles. The third-order valence-corrected chi connectivity index (χ3v) is 2.38. The molecule has 1 fully saturated rings. The average molecular weight is 166 g/mol. The molecule has 0 amide bonds. The zero-order chi connectivity index (χ0) is 8.81. The van der Waals surface area contributed by atoms with Crippen LogP contribution >= 0.6 is 0 Å². The molecular weight excluding hydrogens is 148 g/mol. The van der Waals surface area contributed by atoms with Crippen LogP contribution in [0.1, 0.15) is 32.6 Å². The summed E-state index contributed by atoms with van der Waals surface area (Å²) in [6, 6.07) is 0. The minimum Gasteiger partial charge on any atom is -0.405 e. The van der Waals surface area contributed by atoms with Crippen LogP contribution in [0.4, 0.5) is 0 Å². The van der Waals surface area contributed by atoms with Gasteiger partial charge in [0.25, 0.3) is 0 Å². The lowest BCUT2D eigenvalue weighted by molar-refractivity contribution is 0.727. The van der Waals surface area contributed by atoms with Gasteiger partial charge in [0, 0.05) is 18.2 Å². The van der Waals surface area contributed by atoms with Gasteiger partial charge in [-0.05, 0) is 32.0 Å². The lowest BCUT2D eigenvalue weighted by atomic mass is 10.0. The molecule has 68 valence electrons. The fourth-order valence-corrected chi connectivity index (χ4v) is 1.82. The van der Waals surface area contributed by atoms with Crippen LogP contribution in [-0.4, -0.2) is 12.3 Å². The van der Waals surface area contributed by atoms with Crippen LogP contribution < -0.4 is 5.73 Å². The molecule has 1 aliphatic carbocycles. The number of allylic oxidation sites excluding steroid dienone is 1. The number of nitrogens with two attached hydrogens (primary N) is 1. The smallest absolute Gasteiger partial charge is 0.0393 e. The molecular formula is C10H18N2. The average Bonchev–Trinajstić information content (AvgIpc) is 2.56. The van der Waals surface area contributed by atoms with Crippen LogP contribution in [0.5, 0.6) is 0 Å². The maximum Gasteiger partial charge on any atom is 0.0393 e. The van der Waals surface area contributed by atoms with Gasteiger partial charge in [-0.15, -0.1) is 0 Å². The maximum absolute atomic E-state index is 5.37. The molecule has 1 aliphatic rings. The van der Waals surface area contributed by atoms with E-state index in [0.29, 0.717) is 5.92 Å². The fourth-order valence-electron chi connectivity index (χ4n) is 1.82. The Bertz CT molecular complexity index is 176. The minimum absolute atomic E-state index is 0.685. The van der Waals surface area contributed by atoms with Crippen molar-refractivity contribution in [2.45, 2.75) is 32.6 Å². The normalized spacial score (nSPS) is 20.9. The Labute approximate surface area is 74.6 Å². The molecule has 0 aromatic heterocycles. The van der Waals surface area contributed by atoms with Crippen molar-refractivity contribution in [2.75, 3.05) is 6.54 Å². The molecule has 0 bridgehead atoms. The van der Waals surface area contributed by atoms with Crippen LogP contribution in [0.3, 0.4) is 0 Å². The van der Waals surface area contributed by atoms with E-state index in [1.54, 1.807) is 6.20 Å². The first-order valence-electron chi connectivity index (χ1n) is 4.81. The first-order chi connectivity index (χ1) is 5.88. The summed E-state index contributed by atoms with van der Waals surface area (Å²) in [5.41, 5.74) is 6.57. The van der Waals surface area contributed by atoms with Crippen LogP contribution in [0.2, 0.25) is 0 Å². The van der Waals surface area contributed by atoms with Gasteiger partial charge in [-0.1, -0.05) is 12.8 Å². The fraction of sp³-hybridized carbons (Fsp3) is 0.700. The minimum atomic E-state index is 0.685. The van der Waals surface area contributed by atoms with E-state index in [4.69, 9.17) is 5.73 Å². The predicted octanol–water partition coefficient (Wildman–Crippen LogP) is 2.11. The third kappa shape index (κ3) is 2.36. The predicted molar refractivity (Wildman–Crippen MR) is 53.3 cm³/mol. The van der Waals surface area contributed by atoms with Crippen molar-refractivity contribution in [1.29, 1.82) is 0 Å². The molecule has 0 saturated heterocycles. The second-order valence-electron chi connectivity index (χ2n) is 3.24. The number of hydrogen-bond donors (Lipinski definition) is 1. The highest BCUT2D eigenvalue weighted by molar-refractivity contribution is 5.96. The largest absolute Gasteiger partial charge is 0.405 e. The topological polar surface area (TPSA) is 38.4 Å². The van der Waals surface area contributed by atoms with Gasteiger partial charge < -0.3 is 5.73 Å². The third-order valence-electron chi connectivity index (χ3n) is 2.38. The van der Waals surface area contributed by atoms with Gasteiger partial charge in [-0.25, -0.2) is 0 Å². The highest BCUT2D eigenvalue weighted by Gasteiger charge is 2.18. The van der Waals surface area contributed by atoms with Gasteiger partial charge in [-0.3, -0.25) is 4.99 Å². The van der Waals surface area contributed by atoms with E-state index in [2.05, 4.69) is 11.9 Å². The second kappa shape index (κ2) is 4.96. The molecule has 0 aromatic carbocycles. The van der Waals surface area contributed by atoms with E-state index in [-0.39, 0.29) is 0 Å². The Hall–Kier alpha value is -0.790.